The lowest BCUT2D eigenvalue weighted by atomic mass is 10.1. The van der Waals surface area contributed by atoms with Crippen molar-refractivity contribution < 1.29 is 13.5 Å². The highest BCUT2D eigenvalue weighted by Crippen LogP contribution is 2.19. The number of anilines is 1. The molecule has 2 aromatic carbocycles. The van der Waals surface area contributed by atoms with Crippen molar-refractivity contribution in [3.05, 3.63) is 81.2 Å². The monoisotopic (exact) mass is 391 g/mol. The fraction of sp³-hybridized carbons (Fsp3) is 0.158. The predicted molar refractivity (Wildman–Crippen MR) is 99.9 cm³/mol. The minimum atomic E-state index is -0.902. The third-order valence-corrected chi connectivity index (χ3v) is 4.31. The van der Waals surface area contributed by atoms with Crippen LogP contribution in [-0.2, 0) is 6.42 Å². The number of benzene rings is 2. The number of ether oxygens (including phenoxy) is 1. The Morgan fingerprint density at radius 3 is 2.59 bits per heavy atom. The maximum Gasteiger partial charge on any atom is 0.292 e. The molecule has 8 heteroatoms. The molecular formula is C19H16ClF2N3O2. The zero-order valence-corrected chi connectivity index (χ0v) is 15.1. The second-order valence-electron chi connectivity index (χ2n) is 5.71. The van der Waals surface area contributed by atoms with Gasteiger partial charge in [-0.1, -0.05) is 23.7 Å². The van der Waals surface area contributed by atoms with Crippen LogP contribution in [0.2, 0.25) is 5.02 Å². The quantitative estimate of drug-likeness (QED) is 0.694. The summed E-state index contributed by atoms with van der Waals surface area (Å²) in [6, 6.07) is 10.5. The average Bonchev–Trinajstić information content (AvgIpc) is 2.66. The first-order valence-electron chi connectivity index (χ1n) is 8.09. The molecule has 3 aromatic rings. The Hall–Kier alpha value is -2.93. The van der Waals surface area contributed by atoms with Gasteiger partial charge >= 0.3 is 0 Å². The number of rotatable bonds is 6. The standard InChI is InChI=1S/C19H16ClF2N3O2/c1-27-14-5-2-12(3-6-14)8-9-23-16-11-24-25(19(26)18(16)20)17-7-4-13(21)10-15(17)22/h2-7,10-11,23H,8-9H2,1H3. The van der Waals surface area contributed by atoms with Gasteiger partial charge in [0.1, 0.15) is 22.3 Å². The maximum atomic E-state index is 13.9. The highest BCUT2D eigenvalue weighted by molar-refractivity contribution is 6.32. The number of hydrogen-bond donors (Lipinski definition) is 1. The Labute approximate surface area is 159 Å². The first-order valence-corrected chi connectivity index (χ1v) is 8.47. The lowest BCUT2D eigenvalue weighted by molar-refractivity contribution is 0.414. The lowest BCUT2D eigenvalue weighted by Crippen LogP contribution is -2.24. The van der Waals surface area contributed by atoms with Gasteiger partial charge in [0.25, 0.3) is 5.56 Å². The fourth-order valence-electron chi connectivity index (χ4n) is 2.51. The van der Waals surface area contributed by atoms with Gasteiger partial charge in [0.15, 0.2) is 5.82 Å². The van der Waals surface area contributed by atoms with Gasteiger partial charge < -0.3 is 10.1 Å². The SMILES string of the molecule is COc1ccc(CCNc2cnn(-c3ccc(F)cc3F)c(=O)c2Cl)cc1. The molecule has 0 bridgehead atoms. The summed E-state index contributed by atoms with van der Waals surface area (Å²) >= 11 is 6.10. The number of methoxy groups -OCH3 is 1. The van der Waals surface area contributed by atoms with Gasteiger partial charge in [-0.2, -0.15) is 9.78 Å². The second kappa shape index (κ2) is 8.18. The Balaban J connectivity index is 1.73. The largest absolute Gasteiger partial charge is 0.497 e. The van der Waals surface area contributed by atoms with E-state index in [0.717, 1.165) is 28.1 Å². The molecule has 0 aliphatic heterocycles. The first-order chi connectivity index (χ1) is 13.0. The minimum Gasteiger partial charge on any atom is -0.497 e. The smallest absolute Gasteiger partial charge is 0.292 e. The van der Waals surface area contributed by atoms with Crippen LogP contribution in [0, 0.1) is 11.6 Å². The molecule has 0 amide bonds. The number of hydrogen-bond acceptors (Lipinski definition) is 4. The number of halogens is 3. The second-order valence-corrected chi connectivity index (χ2v) is 6.09. The van der Waals surface area contributed by atoms with Crippen LogP contribution in [0.1, 0.15) is 5.56 Å². The Bertz CT molecular complexity index is 1010. The zero-order valence-electron chi connectivity index (χ0n) is 14.4. The molecule has 0 saturated carbocycles. The van der Waals surface area contributed by atoms with Gasteiger partial charge in [0, 0.05) is 12.6 Å². The Morgan fingerprint density at radius 1 is 1.19 bits per heavy atom. The minimum absolute atomic E-state index is 0.122. The molecule has 0 unspecified atom stereocenters. The van der Waals surface area contributed by atoms with E-state index in [1.165, 1.54) is 6.20 Å². The molecule has 0 atom stereocenters. The van der Waals surface area contributed by atoms with Crippen molar-refractivity contribution >= 4 is 17.3 Å². The molecule has 5 nitrogen and oxygen atoms in total. The van der Waals surface area contributed by atoms with Crippen molar-refractivity contribution in [2.75, 3.05) is 19.0 Å². The molecule has 140 valence electrons. The van der Waals surface area contributed by atoms with E-state index >= 15 is 0 Å². The number of nitrogens with zero attached hydrogens (tertiary/aromatic N) is 2. The van der Waals surface area contributed by atoms with E-state index in [0.29, 0.717) is 24.7 Å². The molecule has 0 saturated heterocycles. The predicted octanol–water partition coefficient (Wildman–Crippen LogP) is 3.83. The van der Waals surface area contributed by atoms with Crippen LogP contribution in [0.3, 0.4) is 0 Å². The molecule has 0 radical (unpaired) electrons. The summed E-state index contributed by atoms with van der Waals surface area (Å²) in [5.41, 5.74) is 0.549. The van der Waals surface area contributed by atoms with Crippen LogP contribution in [0.15, 0.2) is 53.5 Å². The number of aromatic nitrogens is 2. The third-order valence-electron chi connectivity index (χ3n) is 3.95. The van der Waals surface area contributed by atoms with E-state index in [2.05, 4.69) is 10.4 Å². The summed E-state index contributed by atoms with van der Waals surface area (Å²) < 4.78 is 32.8. The van der Waals surface area contributed by atoms with E-state index in [-0.39, 0.29) is 10.7 Å². The van der Waals surface area contributed by atoms with Crippen LogP contribution < -0.4 is 15.6 Å². The molecule has 0 aliphatic rings. The van der Waals surface area contributed by atoms with Crippen LogP contribution in [0.25, 0.3) is 5.69 Å². The van der Waals surface area contributed by atoms with Crippen LogP contribution in [0.5, 0.6) is 5.75 Å². The van der Waals surface area contributed by atoms with Gasteiger partial charge in [-0.3, -0.25) is 4.79 Å². The van der Waals surface area contributed by atoms with E-state index in [1.54, 1.807) is 7.11 Å². The third kappa shape index (κ3) is 4.25. The lowest BCUT2D eigenvalue weighted by Gasteiger charge is -2.11. The van der Waals surface area contributed by atoms with Crippen molar-refractivity contribution in [2.24, 2.45) is 0 Å². The van der Waals surface area contributed by atoms with Gasteiger partial charge in [-0.05, 0) is 36.2 Å². The highest BCUT2D eigenvalue weighted by atomic mass is 35.5. The molecule has 1 heterocycles. The normalized spacial score (nSPS) is 10.7. The zero-order chi connectivity index (χ0) is 19.4. The Morgan fingerprint density at radius 2 is 1.93 bits per heavy atom. The molecular weight excluding hydrogens is 376 g/mol. The van der Waals surface area contributed by atoms with Crippen molar-refractivity contribution in [1.82, 2.24) is 9.78 Å². The van der Waals surface area contributed by atoms with Gasteiger partial charge in [0.05, 0.1) is 19.0 Å². The fourth-order valence-corrected chi connectivity index (χ4v) is 2.71. The van der Waals surface area contributed by atoms with Gasteiger partial charge in [0.2, 0.25) is 0 Å². The summed E-state index contributed by atoms with van der Waals surface area (Å²) in [5.74, 6) is -0.872. The average molecular weight is 392 g/mol. The topological polar surface area (TPSA) is 56.1 Å². The molecule has 0 aliphatic carbocycles. The van der Waals surface area contributed by atoms with Crippen LogP contribution in [0.4, 0.5) is 14.5 Å². The summed E-state index contributed by atoms with van der Waals surface area (Å²) in [6.07, 6.45) is 2.02. The van der Waals surface area contributed by atoms with Crippen molar-refractivity contribution in [2.45, 2.75) is 6.42 Å². The van der Waals surface area contributed by atoms with Crippen molar-refractivity contribution in [3.8, 4) is 11.4 Å². The molecule has 27 heavy (non-hydrogen) atoms. The first kappa shape index (κ1) is 18.8. The van der Waals surface area contributed by atoms with Crippen molar-refractivity contribution in [3.63, 3.8) is 0 Å². The van der Waals surface area contributed by atoms with Crippen LogP contribution in [-0.4, -0.2) is 23.4 Å². The van der Waals surface area contributed by atoms with Gasteiger partial charge in [-0.25, -0.2) is 8.78 Å². The summed E-state index contributed by atoms with van der Waals surface area (Å²) in [7, 11) is 1.60. The molecule has 1 N–H and O–H groups in total. The maximum absolute atomic E-state index is 13.9. The molecule has 0 spiro atoms. The molecule has 3 rings (SSSR count). The van der Waals surface area contributed by atoms with E-state index in [9.17, 15) is 13.6 Å². The summed E-state index contributed by atoms with van der Waals surface area (Å²) in [4.78, 5) is 12.4. The van der Waals surface area contributed by atoms with Gasteiger partial charge in [-0.15, -0.1) is 0 Å². The molecule has 0 fully saturated rings. The van der Waals surface area contributed by atoms with Crippen molar-refractivity contribution in [1.29, 1.82) is 0 Å². The van der Waals surface area contributed by atoms with E-state index in [1.807, 2.05) is 24.3 Å². The van der Waals surface area contributed by atoms with Crippen LogP contribution >= 0.6 is 11.6 Å². The Kier molecular flexibility index (Phi) is 5.71. The van der Waals surface area contributed by atoms with E-state index < -0.39 is 17.2 Å². The molecule has 1 aromatic heterocycles. The highest BCUT2D eigenvalue weighted by Gasteiger charge is 2.14. The number of nitrogens with one attached hydrogen (secondary N) is 1. The van der Waals surface area contributed by atoms with E-state index in [4.69, 9.17) is 16.3 Å². The summed E-state index contributed by atoms with van der Waals surface area (Å²) in [6.45, 7) is 0.516. The summed E-state index contributed by atoms with van der Waals surface area (Å²) in [5, 5.41) is 6.85.